The number of benzene rings is 1. The molecule has 0 aliphatic rings. The summed E-state index contributed by atoms with van der Waals surface area (Å²) < 4.78 is 20.8. The first-order valence-corrected chi connectivity index (χ1v) is 13.7. The first-order valence-electron chi connectivity index (χ1n) is 13.7. The van der Waals surface area contributed by atoms with Gasteiger partial charge in [0.15, 0.2) is 0 Å². The number of hydrogen-bond acceptors (Lipinski definition) is 16. The molecule has 0 aliphatic heterocycles. The number of ether oxygens (including phenoxy) is 4. The number of aliphatic hydroxyl groups excluding tert-OH is 7. The molecule has 0 unspecified atom stereocenters. The number of esters is 2. The summed E-state index contributed by atoms with van der Waals surface area (Å²) in [4.78, 5) is 57.4. The van der Waals surface area contributed by atoms with E-state index in [1.165, 1.54) is 38.5 Å². The van der Waals surface area contributed by atoms with Crippen LogP contribution in [0.2, 0.25) is 0 Å². The molecule has 46 heavy (non-hydrogen) atoms. The zero-order valence-corrected chi connectivity index (χ0v) is 25.9. The number of carbonyl (C=O) groups is 2. The lowest BCUT2D eigenvalue weighted by molar-refractivity contribution is 0.0222. The minimum Gasteiger partial charge on any atom is -0.465 e. The Kier molecular flexibility index (Phi) is 27.6. The van der Waals surface area contributed by atoms with Crippen molar-refractivity contribution in [2.24, 2.45) is 0 Å². The van der Waals surface area contributed by atoms with Crippen molar-refractivity contribution in [3.63, 3.8) is 0 Å². The van der Waals surface area contributed by atoms with Crippen molar-refractivity contribution >= 4 is 11.9 Å². The van der Waals surface area contributed by atoms with E-state index in [1.807, 2.05) is 0 Å². The lowest BCUT2D eigenvalue weighted by Crippen LogP contribution is -2.55. The Labute approximate surface area is 263 Å². The highest BCUT2D eigenvalue weighted by molar-refractivity contribution is 5.93. The van der Waals surface area contributed by atoms with Gasteiger partial charge in [-0.05, 0) is 24.3 Å². The molecule has 0 amide bonds. The molecule has 0 radical (unpaired) electrons. The Morgan fingerprint density at radius 3 is 0.978 bits per heavy atom. The number of carbonyl (C=O) groups excluding carboxylic acids is 2. The number of hydrogen-bond donors (Lipinski definition) is 7. The predicted octanol–water partition coefficient (Wildman–Crippen LogP) is -4.62. The SMILES string of the molecule is COC(=O)c1ccc(C(=O)OC)cc1.O=c1n(CCO)c(=O)n(CCO)c(=O)n1CCO.OCCO.OCCOCCOCCO. The second-order valence-electron chi connectivity index (χ2n) is 8.15. The van der Waals surface area contributed by atoms with Crippen LogP contribution in [-0.2, 0) is 38.6 Å². The summed E-state index contributed by atoms with van der Waals surface area (Å²) in [6.45, 7) is -0.604. The molecule has 1 aromatic heterocycles. The molecule has 19 heteroatoms. The Balaban J connectivity index is 0. The summed E-state index contributed by atoms with van der Waals surface area (Å²) in [6.07, 6.45) is 0. The first-order chi connectivity index (χ1) is 22.1. The Bertz CT molecular complexity index is 1100. The third-order valence-electron chi connectivity index (χ3n) is 5.03. The lowest BCUT2D eigenvalue weighted by Gasteiger charge is -2.11. The van der Waals surface area contributed by atoms with Gasteiger partial charge < -0.3 is 54.7 Å². The summed E-state index contributed by atoms with van der Waals surface area (Å²) in [5.74, 6) is -0.858. The average molecular weight is 668 g/mol. The van der Waals surface area contributed by atoms with Crippen molar-refractivity contribution in [3.8, 4) is 0 Å². The minimum atomic E-state index is -0.887. The van der Waals surface area contributed by atoms with Crippen LogP contribution in [0.15, 0.2) is 38.6 Å². The minimum absolute atomic E-state index is 0.0417. The van der Waals surface area contributed by atoms with Crippen LogP contribution >= 0.6 is 0 Å². The van der Waals surface area contributed by atoms with E-state index in [9.17, 15) is 24.0 Å². The van der Waals surface area contributed by atoms with Gasteiger partial charge in [0.05, 0.1) is 118 Å². The standard InChI is InChI=1S/C10H10O4.C9H15N3O6.C6H14O4.C2H6O2/c1-13-9(11)7-3-5-8(6-4-7)10(12)14-2;13-4-1-10-7(16)11(2-5-14)9(18)12(3-6-15)8(10)17;7-1-3-9-5-6-10-4-2-8;3-1-2-4/h3-6H,1-2H3;13-15H,1-6H2;7-8H,1-6H2;3-4H,1-2H2. The van der Waals surface area contributed by atoms with Gasteiger partial charge >= 0.3 is 29.0 Å². The van der Waals surface area contributed by atoms with Gasteiger partial charge in [-0.15, -0.1) is 0 Å². The van der Waals surface area contributed by atoms with Crippen LogP contribution in [0.25, 0.3) is 0 Å². The highest BCUT2D eigenvalue weighted by atomic mass is 16.5. The van der Waals surface area contributed by atoms with E-state index in [2.05, 4.69) is 9.47 Å². The van der Waals surface area contributed by atoms with E-state index in [0.29, 0.717) is 51.3 Å². The van der Waals surface area contributed by atoms with Gasteiger partial charge in [-0.25, -0.2) is 37.7 Å². The van der Waals surface area contributed by atoms with Crippen LogP contribution in [0.1, 0.15) is 20.7 Å². The number of methoxy groups -OCH3 is 2. The highest BCUT2D eigenvalue weighted by Crippen LogP contribution is 2.06. The highest BCUT2D eigenvalue weighted by Gasteiger charge is 2.14. The molecule has 264 valence electrons. The predicted molar refractivity (Wildman–Crippen MR) is 160 cm³/mol. The summed E-state index contributed by atoms with van der Waals surface area (Å²) in [6, 6.07) is 6.05. The Morgan fingerprint density at radius 2 is 0.783 bits per heavy atom. The Hall–Kier alpha value is -3.79. The molecule has 0 spiro atoms. The molecule has 7 N–H and O–H groups in total. The molecule has 1 heterocycles. The fourth-order valence-electron chi connectivity index (χ4n) is 2.99. The van der Waals surface area contributed by atoms with Gasteiger partial charge in [0.1, 0.15) is 0 Å². The molecular weight excluding hydrogens is 622 g/mol. The number of aromatic nitrogens is 3. The van der Waals surface area contributed by atoms with Crippen LogP contribution in [0.4, 0.5) is 0 Å². The third kappa shape index (κ3) is 17.6. The quantitative estimate of drug-likeness (QED) is 0.0655. The van der Waals surface area contributed by atoms with Gasteiger partial charge in [0.25, 0.3) is 0 Å². The second-order valence-corrected chi connectivity index (χ2v) is 8.15. The van der Waals surface area contributed by atoms with Crippen molar-refractivity contribution < 1.29 is 64.3 Å². The third-order valence-corrected chi connectivity index (χ3v) is 5.03. The van der Waals surface area contributed by atoms with Crippen molar-refractivity contribution in [2.45, 2.75) is 19.6 Å². The van der Waals surface area contributed by atoms with Crippen LogP contribution in [-0.4, -0.2) is 148 Å². The molecule has 0 fully saturated rings. The molecule has 0 aliphatic carbocycles. The largest absolute Gasteiger partial charge is 0.465 e. The van der Waals surface area contributed by atoms with Gasteiger partial charge in [-0.3, -0.25) is 0 Å². The van der Waals surface area contributed by atoms with E-state index in [-0.39, 0.29) is 46.1 Å². The molecule has 2 aromatic rings. The van der Waals surface area contributed by atoms with Crippen LogP contribution in [0.5, 0.6) is 0 Å². The lowest BCUT2D eigenvalue weighted by atomic mass is 10.1. The van der Waals surface area contributed by atoms with E-state index in [0.717, 1.165) is 0 Å². The van der Waals surface area contributed by atoms with Gasteiger partial charge in [0, 0.05) is 0 Å². The second kappa shape index (κ2) is 28.7. The molecule has 0 atom stereocenters. The van der Waals surface area contributed by atoms with Crippen LogP contribution in [0, 0.1) is 0 Å². The van der Waals surface area contributed by atoms with E-state index in [1.54, 1.807) is 0 Å². The van der Waals surface area contributed by atoms with Gasteiger partial charge in [-0.2, -0.15) is 0 Å². The van der Waals surface area contributed by atoms with Gasteiger partial charge in [0.2, 0.25) is 0 Å². The first kappa shape index (κ1) is 44.3. The molecule has 1 aromatic carbocycles. The van der Waals surface area contributed by atoms with E-state index in [4.69, 9.17) is 45.2 Å². The number of nitrogens with zero attached hydrogens (tertiary/aromatic N) is 3. The fourth-order valence-corrected chi connectivity index (χ4v) is 2.99. The monoisotopic (exact) mass is 667 g/mol. The van der Waals surface area contributed by atoms with Crippen molar-refractivity contribution in [1.29, 1.82) is 0 Å². The summed E-state index contributed by atoms with van der Waals surface area (Å²) >= 11 is 0. The van der Waals surface area contributed by atoms with Crippen molar-refractivity contribution in [2.75, 3.05) is 86.9 Å². The van der Waals surface area contributed by atoms with E-state index >= 15 is 0 Å². The zero-order valence-electron chi connectivity index (χ0n) is 25.9. The molecule has 2 rings (SSSR count). The maximum absolute atomic E-state index is 11.8. The molecular formula is C27H45N3O16. The molecule has 0 saturated carbocycles. The van der Waals surface area contributed by atoms with E-state index < -0.39 is 48.8 Å². The molecule has 0 bridgehead atoms. The number of rotatable bonds is 16. The normalized spacial score (nSPS) is 9.93. The average Bonchev–Trinajstić information content (AvgIpc) is 3.08. The van der Waals surface area contributed by atoms with Gasteiger partial charge in [-0.1, -0.05) is 0 Å². The van der Waals surface area contributed by atoms with Crippen molar-refractivity contribution in [3.05, 3.63) is 66.8 Å². The summed E-state index contributed by atoms with van der Waals surface area (Å²) in [5.41, 5.74) is -1.85. The van der Waals surface area contributed by atoms with Crippen LogP contribution in [0.3, 0.4) is 0 Å². The maximum atomic E-state index is 11.8. The Morgan fingerprint density at radius 1 is 0.500 bits per heavy atom. The topological polar surface area (TPSA) is 279 Å². The zero-order chi connectivity index (χ0) is 35.3. The summed E-state index contributed by atoms with van der Waals surface area (Å²) in [7, 11) is 2.60. The summed E-state index contributed by atoms with van der Waals surface area (Å²) in [5, 5.41) is 58.1. The van der Waals surface area contributed by atoms with Crippen LogP contribution < -0.4 is 17.1 Å². The van der Waals surface area contributed by atoms with Crippen molar-refractivity contribution in [1.82, 2.24) is 13.7 Å². The number of aliphatic hydroxyl groups is 7. The smallest absolute Gasteiger partial charge is 0.337 e. The molecule has 0 saturated heterocycles. The maximum Gasteiger partial charge on any atom is 0.337 e. The fraction of sp³-hybridized carbons (Fsp3) is 0.593. The molecule has 19 nitrogen and oxygen atoms in total.